The van der Waals surface area contributed by atoms with Gasteiger partial charge in [-0.25, -0.2) is 4.98 Å². The normalized spacial score (nSPS) is 10.4. The first kappa shape index (κ1) is 13.8. The fourth-order valence-electron chi connectivity index (χ4n) is 1.45. The Balaban J connectivity index is 2.03. The van der Waals surface area contributed by atoms with Crippen molar-refractivity contribution < 1.29 is 0 Å². The van der Waals surface area contributed by atoms with Gasteiger partial charge in [0.05, 0.1) is 0 Å². The van der Waals surface area contributed by atoms with Gasteiger partial charge in [0.1, 0.15) is 10.4 Å². The van der Waals surface area contributed by atoms with E-state index in [-0.39, 0.29) is 0 Å². The van der Waals surface area contributed by atoms with Gasteiger partial charge in [-0.1, -0.05) is 18.9 Å². The lowest BCUT2D eigenvalue weighted by Gasteiger charge is -2.05. The molecule has 0 amide bonds. The number of nitrogens with one attached hydrogen (secondary N) is 1. The van der Waals surface area contributed by atoms with E-state index in [1.165, 1.54) is 31.4 Å². The summed E-state index contributed by atoms with van der Waals surface area (Å²) in [6.45, 7) is 1.02. The minimum Gasteiger partial charge on any atom is -0.370 e. The first-order valence-electron chi connectivity index (χ1n) is 5.68. The van der Waals surface area contributed by atoms with Gasteiger partial charge in [-0.2, -0.15) is 11.8 Å². The fourth-order valence-corrected chi connectivity index (χ4v) is 2.28. The number of rotatable bonds is 8. The van der Waals surface area contributed by atoms with Gasteiger partial charge in [0.25, 0.3) is 0 Å². The summed E-state index contributed by atoms with van der Waals surface area (Å²) < 4.78 is 0.887. The first-order valence-corrected chi connectivity index (χ1v) is 7.87. The first-order chi connectivity index (χ1) is 7.83. The number of hydrogen-bond donors (Lipinski definition) is 1. The Kier molecular flexibility index (Phi) is 7.68. The minimum atomic E-state index is 0.887. The van der Waals surface area contributed by atoms with Crippen molar-refractivity contribution in [2.45, 2.75) is 25.7 Å². The predicted molar refractivity (Wildman–Crippen MR) is 77.3 cm³/mol. The molecule has 0 aliphatic heterocycles. The van der Waals surface area contributed by atoms with Crippen LogP contribution in [-0.2, 0) is 0 Å². The van der Waals surface area contributed by atoms with Crippen molar-refractivity contribution in [2.75, 3.05) is 23.9 Å². The Labute approximate surface area is 111 Å². The van der Waals surface area contributed by atoms with Crippen LogP contribution in [-0.4, -0.2) is 23.5 Å². The molecule has 0 fully saturated rings. The summed E-state index contributed by atoms with van der Waals surface area (Å²) >= 11 is 5.29. The van der Waals surface area contributed by atoms with Gasteiger partial charge in [-0.05, 0) is 52.9 Å². The molecule has 1 rings (SSSR count). The monoisotopic (exact) mass is 302 g/mol. The zero-order valence-electron chi connectivity index (χ0n) is 9.71. The van der Waals surface area contributed by atoms with Gasteiger partial charge in [0.2, 0.25) is 0 Å². The van der Waals surface area contributed by atoms with Gasteiger partial charge >= 0.3 is 0 Å². The largest absolute Gasteiger partial charge is 0.370 e. The van der Waals surface area contributed by atoms with Crippen LogP contribution < -0.4 is 5.32 Å². The number of thioether (sulfide) groups is 1. The Morgan fingerprint density at radius 1 is 1.25 bits per heavy atom. The van der Waals surface area contributed by atoms with Crippen LogP contribution in [0.4, 0.5) is 5.82 Å². The lowest BCUT2D eigenvalue weighted by Crippen LogP contribution is -2.03. The molecule has 0 spiro atoms. The molecule has 0 atom stereocenters. The number of hydrogen-bond acceptors (Lipinski definition) is 3. The van der Waals surface area contributed by atoms with E-state index in [0.717, 1.165) is 17.0 Å². The van der Waals surface area contributed by atoms with Crippen LogP contribution in [0.3, 0.4) is 0 Å². The Morgan fingerprint density at radius 2 is 2.06 bits per heavy atom. The summed E-state index contributed by atoms with van der Waals surface area (Å²) in [5.41, 5.74) is 0. The molecule has 0 radical (unpaired) electrons. The molecule has 0 aliphatic carbocycles. The zero-order valence-corrected chi connectivity index (χ0v) is 12.1. The number of anilines is 1. The molecule has 0 saturated carbocycles. The lowest BCUT2D eigenvalue weighted by atomic mass is 10.2. The average molecular weight is 303 g/mol. The summed E-state index contributed by atoms with van der Waals surface area (Å²) in [7, 11) is 0. The van der Waals surface area contributed by atoms with Crippen molar-refractivity contribution >= 4 is 33.5 Å². The molecular weight excluding hydrogens is 284 g/mol. The van der Waals surface area contributed by atoms with Gasteiger partial charge in [0.15, 0.2) is 0 Å². The molecule has 1 aromatic heterocycles. The number of unbranched alkanes of at least 4 members (excludes halogenated alkanes) is 3. The zero-order chi connectivity index (χ0) is 11.6. The quantitative estimate of drug-likeness (QED) is 0.576. The molecule has 1 heterocycles. The second kappa shape index (κ2) is 8.88. The van der Waals surface area contributed by atoms with E-state index in [1.54, 1.807) is 0 Å². The predicted octanol–water partition coefficient (Wildman–Crippen LogP) is 4.18. The van der Waals surface area contributed by atoms with Crippen molar-refractivity contribution in [1.29, 1.82) is 0 Å². The summed E-state index contributed by atoms with van der Waals surface area (Å²) in [5.74, 6) is 2.25. The maximum atomic E-state index is 4.32. The molecule has 1 aromatic rings. The van der Waals surface area contributed by atoms with E-state index in [9.17, 15) is 0 Å². The number of halogens is 1. The second-order valence-electron chi connectivity index (χ2n) is 3.68. The van der Waals surface area contributed by atoms with Gasteiger partial charge in [-0.3, -0.25) is 0 Å². The third-order valence-electron chi connectivity index (χ3n) is 2.30. The summed E-state index contributed by atoms with van der Waals surface area (Å²) in [6.07, 6.45) is 7.38. The SMILES string of the molecule is CSCCCCCCNc1cccc(Br)n1. The molecule has 16 heavy (non-hydrogen) atoms. The Hall–Kier alpha value is -0.220. The van der Waals surface area contributed by atoms with Crippen LogP contribution in [0.15, 0.2) is 22.8 Å². The van der Waals surface area contributed by atoms with E-state index < -0.39 is 0 Å². The van der Waals surface area contributed by atoms with Crippen LogP contribution in [0.5, 0.6) is 0 Å². The van der Waals surface area contributed by atoms with E-state index in [1.807, 2.05) is 30.0 Å². The van der Waals surface area contributed by atoms with Crippen LogP contribution in [0, 0.1) is 0 Å². The van der Waals surface area contributed by atoms with Gasteiger partial charge in [0, 0.05) is 6.54 Å². The lowest BCUT2D eigenvalue weighted by molar-refractivity contribution is 0.688. The third kappa shape index (κ3) is 6.38. The molecule has 0 unspecified atom stereocenters. The van der Waals surface area contributed by atoms with E-state index >= 15 is 0 Å². The van der Waals surface area contributed by atoms with Crippen LogP contribution >= 0.6 is 27.7 Å². The maximum Gasteiger partial charge on any atom is 0.127 e. The number of pyridine rings is 1. The van der Waals surface area contributed by atoms with Crippen molar-refractivity contribution in [3.05, 3.63) is 22.8 Å². The van der Waals surface area contributed by atoms with E-state index in [4.69, 9.17) is 0 Å². The Morgan fingerprint density at radius 3 is 2.81 bits per heavy atom. The molecule has 2 nitrogen and oxygen atoms in total. The van der Waals surface area contributed by atoms with Crippen molar-refractivity contribution in [2.24, 2.45) is 0 Å². The van der Waals surface area contributed by atoms with E-state index in [0.29, 0.717) is 0 Å². The van der Waals surface area contributed by atoms with E-state index in [2.05, 4.69) is 32.5 Å². The van der Waals surface area contributed by atoms with Gasteiger partial charge in [-0.15, -0.1) is 0 Å². The molecule has 0 aromatic carbocycles. The fraction of sp³-hybridized carbons (Fsp3) is 0.583. The van der Waals surface area contributed by atoms with Crippen LogP contribution in [0.2, 0.25) is 0 Å². The average Bonchev–Trinajstić information content (AvgIpc) is 2.28. The molecule has 0 saturated heterocycles. The highest BCUT2D eigenvalue weighted by atomic mass is 79.9. The highest BCUT2D eigenvalue weighted by molar-refractivity contribution is 9.10. The topological polar surface area (TPSA) is 24.9 Å². The third-order valence-corrected chi connectivity index (χ3v) is 3.44. The standard InChI is InChI=1S/C12H19BrN2S/c1-16-10-5-3-2-4-9-14-12-8-6-7-11(13)15-12/h6-8H,2-5,9-10H2,1H3,(H,14,15). The molecule has 4 heteroatoms. The highest BCUT2D eigenvalue weighted by Gasteiger charge is 1.94. The molecular formula is C12H19BrN2S. The van der Waals surface area contributed by atoms with Crippen molar-refractivity contribution in [1.82, 2.24) is 4.98 Å². The van der Waals surface area contributed by atoms with Crippen LogP contribution in [0.25, 0.3) is 0 Å². The summed E-state index contributed by atoms with van der Waals surface area (Å²) in [6, 6.07) is 5.93. The van der Waals surface area contributed by atoms with Gasteiger partial charge < -0.3 is 5.32 Å². The minimum absolute atomic E-state index is 0.887. The summed E-state index contributed by atoms with van der Waals surface area (Å²) in [4.78, 5) is 4.32. The van der Waals surface area contributed by atoms with Crippen molar-refractivity contribution in [3.8, 4) is 0 Å². The molecule has 0 aliphatic rings. The highest BCUT2D eigenvalue weighted by Crippen LogP contribution is 2.10. The summed E-state index contributed by atoms with van der Waals surface area (Å²) in [5, 5.41) is 3.33. The smallest absolute Gasteiger partial charge is 0.127 e. The van der Waals surface area contributed by atoms with Crippen molar-refractivity contribution in [3.63, 3.8) is 0 Å². The number of aromatic nitrogens is 1. The maximum absolute atomic E-state index is 4.32. The second-order valence-corrected chi connectivity index (χ2v) is 5.48. The molecule has 0 bridgehead atoms. The van der Waals surface area contributed by atoms with Crippen LogP contribution in [0.1, 0.15) is 25.7 Å². The number of nitrogens with zero attached hydrogens (tertiary/aromatic N) is 1. The molecule has 1 N–H and O–H groups in total. The Bertz CT molecular complexity index is 294. The molecule has 90 valence electrons.